The summed E-state index contributed by atoms with van der Waals surface area (Å²) in [5.41, 5.74) is 1.34. The number of fused-ring (bicyclic) bond motifs is 1. The first-order valence-corrected chi connectivity index (χ1v) is 8.63. The van der Waals surface area contributed by atoms with E-state index in [1.54, 1.807) is 0 Å². The maximum absolute atomic E-state index is 6.24. The standard InChI is InChI=1S/C22H26O/c1-5-16-6-7-18-15-21(11-8-17(18)14-16)23-20-12-9-19(10-13-20)22(2,3)4/h1,6-8,11,14-15,19-20H,9-10,12-13H2,2-4H3. The van der Waals surface area contributed by atoms with E-state index in [9.17, 15) is 0 Å². The lowest BCUT2D eigenvalue weighted by Gasteiger charge is -2.37. The van der Waals surface area contributed by atoms with Gasteiger partial charge in [0.05, 0.1) is 6.10 Å². The molecule has 0 amide bonds. The molecule has 23 heavy (non-hydrogen) atoms. The van der Waals surface area contributed by atoms with Crippen LogP contribution in [0.2, 0.25) is 0 Å². The van der Waals surface area contributed by atoms with E-state index in [2.05, 4.69) is 51.0 Å². The lowest BCUT2D eigenvalue weighted by molar-refractivity contribution is 0.0883. The molecule has 0 radical (unpaired) electrons. The Bertz CT molecular complexity index is 722. The van der Waals surface area contributed by atoms with Crippen molar-refractivity contribution < 1.29 is 4.74 Å². The van der Waals surface area contributed by atoms with Gasteiger partial charge in [0, 0.05) is 5.56 Å². The van der Waals surface area contributed by atoms with Crippen molar-refractivity contribution in [2.75, 3.05) is 0 Å². The first-order chi connectivity index (χ1) is 11.0. The van der Waals surface area contributed by atoms with Gasteiger partial charge >= 0.3 is 0 Å². The van der Waals surface area contributed by atoms with Crippen LogP contribution in [0.3, 0.4) is 0 Å². The Hall–Kier alpha value is -1.94. The minimum atomic E-state index is 0.357. The van der Waals surface area contributed by atoms with Crippen molar-refractivity contribution in [1.29, 1.82) is 0 Å². The minimum Gasteiger partial charge on any atom is -0.490 e. The largest absolute Gasteiger partial charge is 0.490 e. The first kappa shape index (κ1) is 15.9. The lowest BCUT2D eigenvalue weighted by Crippen LogP contribution is -2.30. The fourth-order valence-electron chi connectivity index (χ4n) is 3.63. The van der Waals surface area contributed by atoms with E-state index in [1.807, 2.05) is 12.1 Å². The summed E-state index contributed by atoms with van der Waals surface area (Å²) in [6.07, 6.45) is 10.7. The predicted molar refractivity (Wildman–Crippen MR) is 97.7 cm³/mol. The zero-order valence-corrected chi connectivity index (χ0v) is 14.4. The summed E-state index contributed by atoms with van der Waals surface area (Å²) >= 11 is 0. The number of hydrogen-bond donors (Lipinski definition) is 0. The Balaban J connectivity index is 1.67. The molecule has 0 aliphatic heterocycles. The second-order valence-corrected chi connectivity index (χ2v) is 7.83. The highest BCUT2D eigenvalue weighted by Crippen LogP contribution is 2.38. The second kappa shape index (κ2) is 6.28. The molecule has 3 rings (SSSR count). The highest BCUT2D eigenvalue weighted by atomic mass is 16.5. The SMILES string of the molecule is C#Cc1ccc2cc(OC3CCC(C(C)(C)C)CC3)ccc2c1. The van der Waals surface area contributed by atoms with Gasteiger partial charge in [-0.25, -0.2) is 0 Å². The topological polar surface area (TPSA) is 9.23 Å². The van der Waals surface area contributed by atoms with E-state index in [1.165, 1.54) is 23.6 Å². The van der Waals surface area contributed by atoms with Gasteiger partial charge in [-0.1, -0.05) is 38.8 Å². The first-order valence-electron chi connectivity index (χ1n) is 8.63. The van der Waals surface area contributed by atoms with E-state index in [0.29, 0.717) is 11.5 Å². The summed E-state index contributed by atoms with van der Waals surface area (Å²) < 4.78 is 6.24. The van der Waals surface area contributed by atoms with Gasteiger partial charge in [-0.05, 0) is 72.1 Å². The maximum Gasteiger partial charge on any atom is 0.120 e. The van der Waals surface area contributed by atoms with Crippen molar-refractivity contribution in [3.8, 4) is 18.1 Å². The highest BCUT2D eigenvalue weighted by Gasteiger charge is 2.30. The van der Waals surface area contributed by atoms with Gasteiger partial charge in [-0.2, -0.15) is 0 Å². The van der Waals surface area contributed by atoms with E-state index in [0.717, 1.165) is 30.1 Å². The van der Waals surface area contributed by atoms with Crippen LogP contribution in [0.5, 0.6) is 5.75 Å². The molecule has 1 fully saturated rings. The molecule has 0 aromatic heterocycles. The molecule has 0 heterocycles. The normalized spacial score (nSPS) is 21.8. The molecule has 0 saturated heterocycles. The third-order valence-electron chi connectivity index (χ3n) is 5.18. The number of hydrogen-bond acceptors (Lipinski definition) is 1. The predicted octanol–water partition coefficient (Wildman–Crippen LogP) is 5.80. The molecular weight excluding hydrogens is 280 g/mol. The molecule has 1 nitrogen and oxygen atoms in total. The Morgan fingerprint density at radius 3 is 2.26 bits per heavy atom. The van der Waals surface area contributed by atoms with E-state index in [4.69, 9.17) is 11.2 Å². The summed E-state index contributed by atoms with van der Waals surface area (Å²) in [4.78, 5) is 0. The third-order valence-corrected chi connectivity index (χ3v) is 5.18. The molecule has 1 aliphatic rings. The molecule has 2 aromatic carbocycles. The molecular formula is C22H26O. The van der Waals surface area contributed by atoms with Crippen molar-refractivity contribution >= 4 is 10.8 Å². The fraction of sp³-hybridized carbons (Fsp3) is 0.455. The Labute approximate surface area is 140 Å². The Kier molecular flexibility index (Phi) is 4.35. The molecule has 0 atom stereocenters. The second-order valence-electron chi connectivity index (χ2n) is 7.83. The summed E-state index contributed by atoms with van der Waals surface area (Å²) in [7, 11) is 0. The van der Waals surface area contributed by atoms with Crippen LogP contribution in [0.25, 0.3) is 10.8 Å². The van der Waals surface area contributed by atoms with Gasteiger partial charge in [0.2, 0.25) is 0 Å². The molecule has 0 N–H and O–H groups in total. The van der Waals surface area contributed by atoms with Crippen molar-refractivity contribution in [2.24, 2.45) is 11.3 Å². The van der Waals surface area contributed by atoms with Crippen molar-refractivity contribution in [1.82, 2.24) is 0 Å². The molecule has 120 valence electrons. The number of benzene rings is 2. The highest BCUT2D eigenvalue weighted by molar-refractivity contribution is 5.85. The molecule has 2 aromatic rings. The van der Waals surface area contributed by atoms with Gasteiger partial charge in [0.15, 0.2) is 0 Å². The van der Waals surface area contributed by atoms with Crippen LogP contribution in [0.1, 0.15) is 52.0 Å². The molecule has 0 spiro atoms. The summed E-state index contributed by atoms with van der Waals surface area (Å²) in [6, 6.07) is 12.4. The van der Waals surface area contributed by atoms with E-state index in [-0.39, 0.29) is 0 Å². The number of terminal acetylenes is 1. The maximum atomic E-state index is 6.24. The van der Waals surface area contributed by atoms with E-state index >= 15 is 0 Å². The van der Waals surface area contributed by atoms with Gasteiger partial charge in [-0.3, -0.25) is 0 Å². The van der Waals surface area contributed by atoms with Gasteiger partial charge in [0.25, 0.3) is 0 Å². The third kappa shape index (κ3) is 3.70. The molecule has 1 aliphatic carbocycles. The van der Waals surface area contributed by atoms with Crippen molar-refractivity contribution in [3.63, 3.8) is 0 Å². The van der Waals surface area contributed by atoms with Gasteiger partial charge < -0.3 is 4.74 Å². The number of rotatable bonds is 2. The molecule has 1 heteroatoms. The summed E-state index contributed by atoms with van der Waals surface area (Å²) in [5, 5.41) is 2.36. The zero-order valence-electron chi connectivity index (χ0n) is 14.4. The van der Waals surface area contributed by atoms with Gasteiger partial charge in [0.1, 0.15) is 5.75 Å². The quantitative estimate of drug-likeness (QED) is 0.637. The Morgan fingerprint density at radius 2 is 1.61 bits per heavy atom. The van der Waals surface area contributed by atoms with Crippen LogP contribution >= 0.6 is 0 Å². The average Bonchev–Trinajstić information content (AvgIpc) is 2.54. The molecule has 1 saturated carbocycles. The monoisotopic (exact) mass is 306 g/mol. The van der Waals surface area contributed by atoms with Crippen LogP contribution < -0.4 is 4.74 Å². The number of ether oxygens (including phenoxy) is 1. The molecule has 0 unspecified atom stereocenters. The van der Waals surface area contributed by atoms with Crippen LogP contribution in [0.4, 0.5) is 0 Å². The fourth-order valence-corrected chi connectivity index (χ4v) is 3.63. The lowest BCUT2D eigenvalue weighted by atomic mass is 9.72. The summed E-state index contributed by atoms with van der Waals surface area (Å²) in [6.45, 7) is 7.06. The zero-order chi connectivity index (χ0) is 16.4. The van der Waals surface area contributed by atoms with Crippen molar-refractivity contribution in [2.45, 2.75) is 52.6 Å². The van der Waals surface area contributed by atoms with Crippen LogP contribution in [0.15, 0.2) is 36.4 Å². The average molecular weight is 306 g/mol. The van der Waals surface area contributed by atoms with Crippen molar-refractivity contribution in [3.05, 3.63) is 42.0 Å². The van der Waals surface area contributed by atoms with Gasteiger partial charge in [-0.15, -0.1) is 6.42 Å². The smallest absolute Gasteiger partial charge is 0.120 e. The Morgan fingerprint density at radius 1 is 0.957 bits per heavy atom. The minimum absolute atomic E-state index is 0.357. The van der Waals surface area contributed by atoms with Crippen LogP contribution in [0, 0.1) is 23.7 Å². The van der Waals surface area contributed by atoms with Crippen LogP contribution in [-0.2, 0) is 0 Å². The summed E-state index contributed by atoms with van der Waals surface area (Å²) in [5.74, 6) is 4.48. The van der Waals surface area contributed by atoms with E-state index < -0.39 is 0 Å². The van der Waals surface area contributed by atoms with Crippen LogP contribution in [-0.4, -0.2) is 6.10 Å². The molecule has 0 bridgehead atoms.